The van der Waals surface area contributed by atoms with Crippen molar-refractivity contribution in [1.29, 1.82) is 0 Å². The molecule has 37 heavy (non-hydrogen) atoms. The number of Topliss-reactive ketones (excluding diaryl/α,β-unsaturated/α-hetero) is 1. The molecular weight excluding hydrogens is 495 g/mol. The molecule has 0 saturated heterocycles. The third kappa shape index (κ3) is 2.45. The standard InChI is InChI=1S/C34H20Cl2O/c35-27-15-19-14-18-6-8-23-22-7-5-17-13-16-3-1-2-4-20(16)21-9-10-24(31(22)28(17)21)25-11-12-26(29(18)32(23)25)30(19)34(37)33(27)36/h1-12,15,26,29-30H,13-14H2. The Labute approximate surface area is 224 Å². The largest absolute Gasteiger partial charge is 0.292 e. The average molecular weight is 515 g/mol. The zero-order chi connectivity index (χ0) is 24.6. The Balaban J connectivity index is 1.37. The first-order chi connectivity index (χ1) is 18.1. The maximum atomic E-state index is 13.4. The van der Waals surface area contributed by atoms with Crippen LogP contribution in [0.1, 0.15) is 34.6 Å². The van der Waals surface area contributed by atoms with Crippen LogP contribution >= 0.6 is 23.2 Å². The van der Waals surface area contributed by atoms with E-state index in [1.165, 1.54) is 65.7 Å². The van der Waals surface area contributed by atoms with Gasteiger partial charge in [0.25, 0.3) is 0 Å². The number of hydrogen-bond donors (Lipinski definition) is 0. The van der Waals surface area contributed by atoms with Crippen molar-refractivity contribution >= 4 is 62.7 Å². The Kier molecular flexibility index (Phi) is 3.86. The summed E-state index contributed by atoms with van der Waals surface area (Å²) in [5.41, 5.74) is 10.6. The monoisotopic (exact) mass is 514 g/mol. The van der Waals surface area contributed by atoms with Gasteiger partial charge in [0.15, 0.2) is 5.78 Å². The second-order valence-electron chi connectivity index (χ2n) is 11.0. The third-order valence-corrected chi connectivity index (χ3v) is 10.1. The van der Waals surface area contributed by atoms with Crippen LogP contribution in [0.15, 0.2) is 88.0 Å². The minimum absolute atomic E-state index is 0.0357. The normalized spacial score (nSPS) is 24.4. The average Bonchev–Trinajstić information content (AvgIpc) is 2.92. The molecule has 0 aromatic heterocycles. The predicted octanol–water partition coefficient (Wildman–Crippen LogP) is 7.95. The van der Waals surface area contributed by atoms with Gasteiger partial charge in [-0.15, -0.1) is 0 Å². The van der Waals surface area contributed by atoms with Crippen LogP contribution < -0.4 is 5.22 Å². The first kappa shape index (κ1) is 20.6. The molecule has 0 amide bonds. The molecule has 0 bridgehead atoms. The van der Waals surface area contributed by atoms with Crippen LogP contribution in [0.25, 0.3) is 44.8 Å². The van der Waals surface area contributed by atoms with Crippen molar-refractivity contribution in [2.24, 2.45) is 11.8 Å². The highest BCUT2D eigenvalue weighted by atomic mass is 35.5. The molecule has 9 rings (SSSR count). The Hall–Kier alpha value is -3.39. The van der Waals surface area contributed by atoms with E-state index in [1.807, 2.05) is 6.08 Å². The molecule has 0 aliphatic heterocycles. The van der Waals surface area contributed by atoms with Gasteiger partial charge < -0.3 is 0 Å². The number of benzene rings is 4. The fourth-order valence-corrected chi connectivity index (χ4v) is 8.33. The molecule has 176 valence electrons. The number of carbonyl (C=O) groups is 1. The number of ketones is 1. The topological polar surface area (TPSA) is 17.1 Å². The third-order valence-electron chi connectivity index (χ3n) is 9.35. The van der Waals surface area contributed by atoms with E-state index in [9.17, 15) is 4.79 Å². The second kappa shape index (κ2) is 6.92. The lowest BCUT2D eigenvalue weighted by Crippen LogP contribution is -2.40. The second-order valence-corrected chi connectivity index (χ2v) is 11.8. The lowest BCUT2D eigenvalue weighted by molar-refractivity contribution is -0.119. The van der Waals surface area contributed by atoms with Crippen LogP contribution in [0.5, 0.6) is 0 Å². The summed E-state index contributed by atoms with van der Waals surface area (Å²) in [5, 5.41) is 7.26. The van der Waals surface area contributed by atoms with Crippen LogP contribution in [0, 0.1) is 11.8 Å². The molecule has 3 atom stereocenters. The SMILES string of the molecule is O=C1C(Cl)=C(Cl)C=C2CC3=CC=c4c5c(c6ccc7c8c(ccc4c68)Cc4ccccc4-7)C=CC(C12)C35. The van der Waals surface area contributed by atoms with Crippen molar-refractivity contribution in [2.75, 3.05) is 0 Å². The molecule has 0 spiro atoms. The fourth-order valence-electron chi connectivity index (χ4n) is 7.93. The molecule has 0 heterocycles. The van der Waals surface area contributed by atoms with E-state index in [0.29, 0.717) is 5.03 Å². The number of allylic oxidation sites excluding steroid dienone is 7. The van der Waals surface area contributed by atoms with Crippen molar-refractivity contribution in [3.8, 4) is 11.1 Å². The maximum Gasteiger partial charge on any atom is 0.183 e. The Morgan fingerprint density at radius 3 is 2.54 bits per heavy atom. The van der Waals surface area contributed by atoms with E-state index in [2.05, 4.69) is 72.8 Å². The quantitative estimate of drug-likeness (QED) is 0.205. The van der Waals surface area contributed by atoms with E-state index < -0.39 is 0 Å². The van der Waals surface area contributed by atoms with Crippen molar-refractivity contribution in [1.82, 2.24) is 0 Å². The summed E-state index contributed by atoms with van der Waals surface area (Å²) in [6.07, 6.45) is 12.8. The first-order valence-electron chi connectivity index (χ1n) is 12.9. The lowest BCUT2D eigenvalue weighted by atomic mass is 9.58. The van der Waals surface area contributed by atoms with Gasteiger partial charge in [0.05, 0.1) is 11.0 Å². The molecule has 0 radical (unpaired) electrons. The number of fused-ring (bicyclic) bond motifs is 6. The molecule has 4 aromatic rings. The van der Waals surface area contributed by atoms with Crippen LogP contribution in [0.2, 0.25) is 0 Å². The zero-order valence-electron chi connectivity index (χ0n) is 19.8. The minimum Gasteiger partial charge on any atom is -0.292 e. The van der Waals surface area contributed by atoms with Gasteiger partial charge in [0.2, 0.25) is 0 Å². The van der Waals surface area contributed by atoms with E-state index >= 15 is 0 Å². The molecule has 3 heteroatoms. The van der Waals surface area contributed by atoms with E-state index in [1.54, 1.807) is 0 Å². The summed E-state index contributed by atoms with van der Waals surface area (Å²) >= 11 is 12.7. The van der Waals surface area contributed by atoms with Gasteiger partial charge in [-0.1, -0.05) is 107 Å². The summed E-state index contributed by atoms with van der Waals surface area (Å²) in [5.74, 6) is -0.0359. The van der Waals surface area contributed by atoms with Gasteiger partial charge in [0.1, 0.15) is 5.03 Å². The van der Waals surface area contributed by atoms with Crippen LogP contribution in [0.4, 0.5) is 0 Å². The van der Waals surface area contributed by atoms with Gasteiger partial charge in [-0.25, -0.2) is 0 Å². The number of hydrogen-bond acceptors (Lipinski definition) is 1. The van der Waals surface area contributed by atoms with Crippen LogP contribution in [0.3, 0.4) is 0 Å². The first-order valence-corrected chi connectivity index (χ1v) is 13.7. The molecular formula is C34H20Cl2O. The van der Waals surface area contributed by atoms with Crippen molar-refractivity contribution in [3.63, 3.8) is 0 Å². The Morgan fingerprint density at radius 1 is 0.757 bits per heavy atom. The lowest BCUT2D eigenvalue weighted by Gasteiger charge is -2.44. The highest BCUT2D eigenvalue weighted by Gasteiger charge is 2.47. The number of carbonyl (C=O) groups excluding carboxylic acids is 1. The summed E-state index contributed by atoms with van der Waals surface area (Å²) < 4.78 is 0. The van der Waals surface area contributed by atoms with E-state index in [-0.39, 0.29) is 28.6 Å². The van der Waals surface area contributed by atoms with Crippen LogP contribution in [-0.2, 0) is 11.2 Å². The van der Waals surface area contributed by atoms with Gasteiger partial charge in [-0.3, -0.25) is 4.79 Å². The Bertz CT molecular complexity index is 1980. The molecule has 1 fully saturated rings. The molecule has 0 N–H and O–H groups in total. The van der Waals surface area contributed by atoms with E-state index in [4.69, 9.17) is 23.2 Å². The maximum absolute atomic E-state index is 13.4. The van der Waals surface area contributed by atoms with Gasteiger partial charge in [-0.05, 0) is 79.1 Å². The fraction of sp³-hybridized carbons (Fsp3) is 0.147. The molecule has 5 aliphatic carbocycles. The van der Waals surface area contributed by atoms with Gasteiger partial charge in [0, 0.05) is 11.8 Å². The minimum atomic E-state index is -0.241. The van der Waals surface area contributed by atoms with Crippen LogP contribution in [-0.4, -0.2) is 5.78 Å². The highest BCUT2D eigenvalue weighted by Crippen LogP contribution is 2.55. The highest BCUT2D eigenvalue weighted by molar-refractivity contribution is 6.50. The van der Waals surface area contributed by atoms with Gasteiger partial charge in [-0.2, -0.15) is 0 Å². The summed E-state index contributed by atoms with van der Waals surface area (Å²) in [7, 11) is 0. The Morgan fingerprint density at radius 2 is 1.62 bits per heavy atom. The summed E-state index contributed by atoms with van der Waals surface area (Å²) in [6, 6.07) is 18.1. The smallest absolute Gasteiger partial charge is 0.183 e. The molecule has 5 aliphatic rings. The van der Waals surface area contributed by atoms with Crippen molar-refractivity contribution < 1.29 is 4.79 Å². The predicted molar refractivity (Wildman–Crippen MR) is 153 cm³/mol. The molecule has 4 aromatic carbocycles. The molecule has 1 saturated carbocycles. The van der Waals surface area contributed by atoms with Crippen molar-refractivity contribution in [3.05, 3.63) is 115 Å². The van der Waals surface area contributed by atoms with Crippen molar-refractivity contribution in [2.45, 2.75) is 18.8 Å². The van der Waals surface area contributed by atoms with Gasteiger partial charge >= 0.3 is 0 Å². The number of rotatable bonds is 0. The summed E-state index contributed by atoms with van der Waals surface area (Å²) in [6.45, 7) is 0. The molecule has 1 nitrogen and oxygen atoms in total. The molecule has 3 unspecified atom stereocenters. The van der Waals surface area contributed by atoms with E-state index in [0.717, 1.165) is 18.4 Å². The zero-order valence-corrected chi connectivity index (χ0v) is 21.3. The number of halogens is 2. The summed E-state index contributed by atoms with van der Waals surface area (Å²) in [4.78, 5) is 13.4.